The minimum absolute atomic E-state index is 0.633. The summed E-state index contributed by atoms with van der Waals surface area (Å²) in [6.07, 6.45) is 0. The van der Waals surface area contributed by atoms with Gasteiger partial charge in [-0.15, -0.1) is 0 Å². The zero-order valence-corrected chi connectivity index (χ0v) is 16.0. The molecule has 1 aromatic heterocycles. The number of nitrogens with zero attached hydrogens (tertiary/aromatic N) is 4. The quantitative estimate of drug-likeness (QED) is 0.579. The smallest absolute Gasteiger partial charge is 0.199 e. The van der Waals surface area contributed by atoms with Crippen LogP contribution in [0.5, 0.6) is 0 Å². The SMILES string of the molecule is CCn1c(-c2ccccc2)nn(CN(C)Cc2ccc(Cl)cc2)c1=S. The average Bonchev–Trinajstić information content (AvgIpc) is 2.93. The number of benzene rings is 2. The van der Waals surface area contributed by atoms with Gasteiger partial charge in [0, 0.05) is 23.7 Å². The Bertz CT molecular complexity index is 884. The van der Waals surface area contributed by atoms with Crippen molar-refractivity contribution in [1.29, 1.82) is 0 Å². The zero-order chi connectivity index (χ0) is 17.8. The highest BCUT2D eigenvalue weighted by Crippen LogP contribution is 2.18. The van der Waals surface area contributed by atoms with Gasteiger partial charge in [0.2, 0.25) is 0 Å². The first kappa shape index (κ1) is 17.9. The molecule has 4 nitrogen and oxygen atoms in total. The average molecular weight is 373 g/mol. The highest BCUT2D eigenvalue weighted by molar-refractivity contribution is 7.71. The summed E-state index contributed by atoms with van der Waals surface area (Å²) in [6.45, 7) is 4.32. The van der Waals surface area contributed by atoms with Gasteiger partial charge in [-0.1, -0.05) is 54.1 Å². The van der Waals surface area contributed by atoms with Crippen molar-refractivity contribution >= 4 is 23.8 Å². The summed E-state index contributed by atoms with van der Waals surface area (Å²) < 4.78 is 4.70. The third-order valence-electron chi connectivity index (χ3n) is 4.01. The second-order valence-electron chi connectivity index (χ2n) is 6.00. The summed E-state index contributed by atoms with van der Waals surface area (Å²) >= 11 is 11.6. The van der Waals surface area contributed by atoms with Crippen LogP contribution in [0.2, 0.25) is 5.02 Å². The molecule has 0 saturated carbocycles. The lowest BCUT2D eigenvalue weighted by Gasteiger charge is -2.16. The number of aromatic nitrogens is 3. The van der Waals surface area contributed by atoms with Crippen LogP contribution in [0.25, 0.3) is 11.4 Å². The van der Waals surface area contributed by atoms with Crippen LogP contribution in [0.3, 0.4) is 0 Å². The Labute approximate surface area is 158 Å². The van der Waals surface area contributed by atoms with Crippen molar-refractivity contribution in [2.24, 2.45) is 0 Å². The van der Waals surface area contributed by atoms with Gasteiger partial charge in [0.1, 0.15) is 0 Å². The molecule has 0 radical (unpaired) electrons. The van der Waals surface area contributed by atoms with Gasteiger partial charge in [-0.05, 0) is 43.9 Å². The van der Waals surface area contributed by atoms with Gasteiger partial charge in [0.25, 0.3) is 0 Å². The molecule has 0 unspecified atom stereocenters. The zero-order valence-electron chi connectivity index (χ0n) is 14.4. The summed E-state index contributed by atoms with van der Waals surface area (Å²) in [5.41, 5.74) is 2.28. The lowest BCUT2D eigenvalue weighted by atomic mass is 10.2. The first-order chi connectivity index (χ1) is 12.1. The van der Waals surface area contributed by atoms with Gasteiger partial charge in [0.15, 0.2) is 10.6 Å². The summed E-state index contributed by atoms with van der Waals surface area (Å²) in [6, 6.07) is 18.1. The molecule has 0 spiro atoms. The summed E-state index contributed by atoms with van der Waals surface area (Å²) in [4.78, 5) is 2.18. The molecule has 0 fully saturated rings. The lowest BCUT2D eigenvalue weighted by molar-refractivity contribution is 0.244. The maximum Gasteiger partial charge on any atom is 0.199 e. The van der Waals surface area contributed by atoms with E-state index in [1.54, 1.807) is 0 Å². The predicted octanol–water partition coefficient (Wildman–Crippen LogP) is 4.84. The molecule has 3 aromatic rings. The van der Waals surface area contributed by atoms with Gasteiger partial charge in [-0.3, -0.25) is 4.90 Å². The highest BCUT2D eigenvalue weighted by Gasteiger charge is 2.12. The molecule has 3 rings (SSSR count). The third-order valence-corrected chi connectivity index (χ3v) is 4.70. The molecule has 0 N–H and O–H groups in total. The Morgan fingerprint density at radius 2 is 1.76 bits per heavy atom. The topological polar surface area (TPSA) is 26.0 Å². The summed E-state index contributed by atoms with van der Waals surface area (Å²) in [5, 5.41) is 5.51. The minimum atomic E-state index is 0.633. The monoisotopic (exact) mass is 372 g/mol. The normalized spacial score (nSPS) is 11.2. The molecule has 1 heterocycles. The van der Waals surface area contributed by atoms with Crippen LogP contribution >= 0.6 is 23.8 Å². The van der Waals surface area contributed by atoms with E-state index >= 15 is 0 Å². The summed E-state index contributed by atoms with van der Waals surface area (Å²) in [5.74, 6) is 0.910. The van der Waals surface area contributed by atoms with Gasteiger partial charge in [0.05, 0.1) is 6.67 Å². The van der Waals surface area contributed by atoms with Gasteiger partial charge in [-0.2, -0.15) is 5.10 Å². The molecule has 0 saturated heterocycles. The van der Waals surface area contributed by atoms with Crippen molar-refractivity contribution in [3.8, 4) is 11.4 Å². The molecule has 130 valence electrons. The predicted molar refractivity (Wildman–Crippen MR) is 105 cm³/mol. The Morgan fingerprint density at radius 3 is 2.40 bits per heavy atom. The molecule has 0 aliphatic carbocycles. The highest BCUT2D eigenvalue weighted by atomic mass is 35.5. The van der Waals surface area contributed by atoms with Crippen molar-refractivity contribution in [1.82, 2.24) is 19.2 Å². The second kappa shape index (κ2) is 7.95. The van der Waals surface area contributed by atoms with E-state index in [9.17, 15) is 0 Å². The molecule has 25 heavy (non-hydrogen) atoms. The van der Waals surface area contributed by atoms with Crippen LogP contribution in [0, 0.1) is 4.77 Å². The second-order valence-corrected chi connectivity index (χ2v) is 6.80. The van der Waals surface area contributed by atoms with E-state index in [0.29, 0.717) is 6.67 Å². The Morgan fingerprint density at radius 1 is 1.08 bits per heavy atom. The van der Waals surface area contributed by atoms with E-state index in [-0.39, 0.29) is 0 Å². The summed E-state index contributed by atoms with van der Waals surface area (Å²) in [7, 11) is 2.06. The van der Waals surface area contributed by atoms with Crippen LogP contribution in [0.15, 0.2) is 54.6 Å². The molecule has 0 aliphatic rings. The van der Waals surface area contributed by atoms with Crippen molar-refractivity contribution in [3.63, 3.8) is 0 Å². The fraction of sp³-hybridized carbons (Fsp3) is 0.263. The van der Waals surface area contributed by atoms with E-state index in [0.717, 1.165) is 34.3 Å². The third kappa shape index (κ3) is 4.18. The van der Waals surface area contributed by atoms with Crippen molar-refractivity contribution < 1.29 is 0 Å². The molecule has 2 aromatic carbocycles. The number of rotatable bonds is 6. The Hall–Kier alpha value is -1.95. The van der Waals surface area contributed by atoms with Crippen LogP contribution in [0.4, 0.5) is 0 Å². The molecule has 0 aliphatic heterocycles. The maximum absolute atomic E-state index is 5.95. The number of hydrogen-bond donors (Lipinski definition) is 0. The molecule has 6 heteroatoms. The van der Waals surface area contributed by atoms with Gasteiger partial charge in [-0.25, -0.2) is 4.68 Å². The van der Waals surface area contributed by atoms with Gasteiger partial charge >= 0.3 is 0 Å². The largest absolute Gasteiger partial charge is 0.300 e. The van der Waals surface area contributed by atoms with Crippen LogP contribution in [-0.4, -0.2) is 26.3 Å². The number of halogens is 1. The van der Waals surface area contributed by atoms with E-state index in [1.807, 2.05) is 47.1 Å². The van der Waals surface area contributed by atoms with E-state index in [4.69, 9.17) is 28.9 Å². The van der Waals surface area contributed by atoms with E-state index in [1.165, 1.54) is 5.56 Å². The molecule has 0 atom stereocenters. The first-order valence-electron chi connectivity index (χ1n) is 8.24. The minimum Gasteiger partial charge on any atom is -0.300 e. The fourth-order valence-electron chi connectivity index (χ4n) is 2.80. The lowest BCUT2D eigenvalue weighted by Crippen LogP contribution is -2.22. The van der Waals surface area contributed by atoms with E-state index in [2.05, 4.69) is 35.6 Å². The van der Waals surface area contributed by atoms with Crippen molar-refractivity contribution in [3.05, 3.63) is 70.0 Å². The molecular weight excluding hydrogens is 352 g/mol. The van der Waals surface area contributed by atoms with Gasteiger partial charge < -0.3 is 4.57 Å². The molecule has 0 bridgehead atoms. The maximum atomic E-state index is 5.95. The molecule has 0 amide bonds. The van der Waals surface area contributed by atoms with Crippen LogP contribution in [0.1, 0.15) is 12.5 Å². The van der Waals surface area contributed by atoms with Crippen molar-refractivity contribution in [2.45, 2.75) is 26.7 Å². The Balaban J connectivity index is 1.81. The van der Waals surface area contributed by atoms with E-state index < -0.39 is 0 Å². The Kier molecular flexibility index (Phi) is 5.68. The standard InChI is InChI=1S/C19H21ClN4S/c1-3-23-18(16-7-5-4-6-8-16)21-24(19(23)25)14-22(2)13-15-9-11-17(20)12-10-15/h4-12H,3,13-14H2,1-2H3. The van der Waals surface area contributed by atoms with Crippen LogP contribution < -0.4 is 0 Å². The molecular formula is C19H21ClN4S. The van der Waals surface area contributed by atoms with Crippen molar-refractivity contribution in [2.75, 3.05) is 7.05 Å². The fourth-order valence-corrected chi connectivity index (χ4v) is 3.24. The van der Waals surface area contributed by atoms with Crippen LogP contribution in [-0.2, 0) is 19.8 Å². The first-order valence-corrected chi connectivity index (χ1v) is 9.03. The number of hydrogen-bond acceptors (Lipinski definition) is 3.